The Morgan fingerprint density at radius 1 is 0.812 bits per heavy atom. The summed E-state index contributed by atoms with van der Waals surface area (Å²) in [6.07, 6.45) is 1.69. The number of nitrogens with zero attached hydrogens (tertiary/aromatic N) is 2. The Morgan fingerprint density at radius 2 is 1.53 bits per heavy atom. The largest absolute Gasteiger partial charge is 0.454 e. The summed E-state index contributed by atoms with van der Waals surface area (Å²) in [4.78, 5) is 2.64. The first-order valence-electron chi connectivity index (χ1n) is 11.2. The number of sulfonamides is 1. The molecule has 0 amide bonds. The summed E-state index contributed by atoms with van der Waals surface area (Å²) in [5.74, 6) is 1.21. The zero-order chi connectivity index (χ0) is 22.6. The average molecular weight is 455 g/mol. The van der Waals surface area contributed by atoms with Crippen molar-refractivity contribution < 1.29 is 17.9 Å². The molecule has 0 atom stereocenters. The van der Waals surface area contributed by atoms with E-state index in [9.17, 15) is 8.42 Å². The molecule has 0 radical (unpaired) electrons. The van der Waals surface area contributed by atoms with E-state index in [1.807, 2.05) is 30.3 Å². The second-order valence-electron chi connectivity index (χ2n) is 7.86. The number of anilines is 1. The maximum absolute atomic E-state index is 13.8. The van der Waals surface area contributed by atoms with Crippen molar-refractivity contribution >= 4 is 26.5 Å². The van der Waals surface area contributed by atoms with Crippen LogP contribution in [0.15, 0.2) is 65.6 Å². The Balaban J connectivity index is 1.63. The standard InChI is InChI=1S/C25H30N2O4S/c1-3-26(4-2)15-7-8-16-27(22-12-14-24-25(18-22)31-19-30-24)32(28,29)23-13-11-20-9-5-6-10-21(20)17-23/h5-6,9-14,17-18H,3-4,7-8,15-16,19H2,1-2H3. The molecule has 170 valence electrons. The Bertz CT molecular complexity index is 1180. The van der Waals surface area contributed by atoms with Gasteiger partial charge in [-0.15, -0.1) is 0 Å². The summed E-state index contributed by atoms with van der Waals surface area (Å²) >= 11 is 0. The number of hydrogen-bond donors (Lipinski definition) is 0. The molecule has 0 saturated carbocycles. The lowest BCUT2D eigenvalue weighted by Crippen LogP contribution is -2.33. The third-order valence-electron chi connectivity index (χ3n) is 5.93. The molecule has 0 fully saturated rings. The predicted octanol–water partition coefficient (Wildman–Crippen LogP) is 4.89. The summed E-state index contributed by atoms with van der Waals surface area (Å²) in [7, 11) is -3.75. The van der Waals surface area contributed by atoms with E-state index >= 15 is 0 Å². The molecule has 0 spiro atoms. The maximum atomic E-state index is 13.8. The average Bonchev–Trinajstić information content (AvgIpc) is 3.29. The smallest absolute Gasteiger partial charge is 0.264 e. The Morgan fingerprint density at radius 3 is 2.31 bits per heavy atom. The lowest BCUT2D eigenvalue weighted by molar-refractivity contribution is 0.174. The molecule has 0 unspecified atom stereocenters. The van der Waals surface area contributed by atoms with Crippen molar-refractivity contribution in [2.24, 2.45) is 0 Å². The second kappa shape index (κ2) is 9.79. The van der Waals surface area contributed by atoms with Crippen LogP contribution in [-0.2, 0) is 10.0 Å². The van der Waals surface area contributed by atoms with Crippen LogP contribution in [0.4, 0.5) is 5.69 Å². The van der Waals surface area contributed by atoms with Gasteiger partial charge in [-0.2, -0.15) is 0 Å². The molecule has 1 aliphatic heterocycles. The summed E-state index contributed by atoms with van der Waals surface area (Å²) in [6.45, 7) is 7.79. The molecule has 0 aliphatic carbocycles. The van der Waals surface area contributed by atoms with E-state index in [1.54, 1.807) is 30.3 Å². The summed E-state index contributed by atoms with van der Waals surface area (Å²) < 4.78 is 39.9. The van der Waals surface area contributed by atoms with E-state index in [-0.39, 0.29) is 11.7 Å². The molecular weight excluding hydrogens is 424 g/mol. The van der Waals surface area contributed by atoms with Gasteiger partial charge in [-0.25, -0.2) is 8.42 Å². The summed E-state index contributed by atoms with van der Waals surface area (Å²) in [5, 5.41) is 1.92. The van der Waals surface area contributed by atoms with E-state index in [1.165, 1.54) is 4.31 Å². The molecular formula is C25H30N2O4S. The minimum absolute atomic E-state index is 0.153. The first kappa shape index (κ1) is 22.4. The van der Waals surface area contributed by atoms with E-state index in [0.29, 0.717) is 23.7 Å². The van der Waals surface area contributed by atoms with Crippen LogP contribution >= 0.6 is 0 Å². The highest BCUT2D eigenvalue weighted by atomic mass is 32.2. The van der Waals surface area contributed by atoms with Gasteiger partial charge in [-0.1, -0.05) is 44.2 Å². The van der Waals surface area contributed by atoms with Crippen molar-refractivity contribution in [3.63, 3.8) is 0 Å². The van der Waals surface area contributed by atoms with Crippen LogP contribution in [0.3, 0.4) is 0 Å². The minimum Gasteiger partial charge on any atom is -0.454 e. The first-order chi connectivity index (χ1) is 15.5. The quantitative estimate of drug-likeness (QED) is 0.409. The Labute approximate surface area is 190 Å². The van der Waals surface area contributed by atoms with Gasteiger partial charge in [-0.05, 0) is 67.5 Å². The van der Waals surface area contributed by atoms with E-state index < -0.39 is 10.0 Å². The van der Waals surface area contributed by atoms with Crippen LogP contribution in [-0.4, -0.2) is 46.3 Å². The number of hydrogen-bond acceptors (Lipinski definition) is 5. The van der Waals surface area contributed by atoms with Crippen LogP contribution in [0, 0.1) is 0 Å². The van der Waals surface area contributed by atoms with Gasteiger partial charge >= 0.3 is 0 Å². The molecule has 7 heteroatoms. The van der Waals surface area contributed by atoms with Gasteiger partial charge in [0.25, 0.3) is 10.0 Å². The number of rotatable bonds is 10. The monoisotopic (exact) mass is 454 g/mol. The van der Waals surface area contributed by atoms with Gasteiger partial charge in [0.15, 0.2) is 11.5 Å². The molecule has 0 saturated heterocycles. The fourth-order valence-corrected chi connectivity index (χ4v) is 5.55. The first-order valence-corrected chi connectivity index (χ1v) is 12.6. The van der Waals surface area contributed by atoms with Gasteiger partial charge in [0.1, 0.15) is 0 Å². The van der Waals surface area contributed by atoms with Gasteiger partial charge in [0.2, 0.25) is 6.79 Å². The summed E-state index contributed by atoms with van der Waals surface area (Å²) in [5.41, 5.74) is 0.588. The third-order valence-corrected chi connectivity index (χ3v) is 7.76. The normalized spacial score (nSPS) is 13.1. The molecule has 1 heterocycles. The fraction of sp³-hybridized carbons (Fsp3) is 0.360. The summed E-state index contributed by atoms with van der Waals surface area (Å²) in [6, 6.07) is 18.4. The molecule has 1 aliphatic rings. The SMILES string of the molecule is CCN(CC)CCCCN(c1ccc2c(c1)OCO2)S(=O)(=O)c1ccc2ccccc2c1. The molecule has 0 N–H and O–H groups in total. The van der Waals surface area contributed by atoms with Crippen molar-refractivity contribution in [1.29, 1.82) is 0 Å². The van der Waals surface area contributed by atoms with Crippen LogP contribution in [0.25, 0.3) is 10.8 Å². The predicted molar refractivity (Wildman–Crippen MR) is 128 cm³/mol. The van der Waals surface area contributed by atoms with Gasteiger partial charge in [0.05, 0.1) is 10.6 Å². The van der Waals surface area contributed by atoms with E-state index in [0.717, 1.165) is 43.2 Å². The van der Waals surface area contributed by atoms with Crippen molar-refractivity contribution in [2.75, 3.05) is 37.3 Å². The zero-order valence-electron chi connectivity index (χ0n) is 18.7. The Hall–Kier alpha value is -2.77. The lowest BCUT2D eigenvalue weighted by Gasteiger charge is -2.26. The van der Waals surface area contributed by atoms with Crippen molar-refractivity contribution in [3.05, 3.63) is 60.7 Å². The molecule has 0 aromatic heterocycles. The molecule has 0 bridgehead atoms. The third kappa shape index (κ3) is 4.69. The van der Waals surface area contributed by atoms with Gasteiger partial charge < -0.3 is 14.4 Å². The molecule has 32 heavy (non-hydrogen) atoms. The van der Waals surface area contributed by atoms with Crippen molar-refractivity contribution in [1.82, 2.24) is 4.90 Å². The molecule has 3 aromatic rings. The lowest BCUT2D eigenvalue weighted by atomic mass is 10.1. The number of fused-ring (bicyclic) bond motifs is 2. The van der Waals surface area contributed by atoms with E-state index in [2.05, 4.69) is 18.7 Å². The highest BCUT2D eigenvalue weighted by molar-refractivity contribution is 7.92. The Kier molecular flexibility index (Phi) is 6.86. The molecule has 4 rings (SSSR count). The highest BCUT2D eigenvalue weighted by Gasteiger charge is 2.27. The van der Waals surface area contributed by atoms with Crippen molar-refractivity contribution in [2.45, 2.75) is 31.6 Å². The van der Waals surface area contributed by atoms with Crippen LogP contribution < -0.4 is 13.8 Å². The topological polar surface area (TPSA) is 59.1 Å². The van der Waals surface area contributed by atoms with E-state index in [4.69, 9.17) is 9.47 Å². The van der Waals surface area contributed by atoms with Crippen LogP contribution in [0.2, 0.25) is 0 Å². The zero-order valence-corrected chi connectivity index (χ0v) is 19.5. The van der Waals surface area contributed by atoms with Gasteiger partial charge in [-0.3, -0.25) is 4.31 Å². The number of ether oxygens (including phenoxy) is 2. The van der Waals surface area contributed by atoms with Crippen LogP contribution in [0.1, 0.15) is 26.7 Å². The fourth-order valence-electron chi connectivity index (χ4n) is 4.01. The van der Waals surface area contributed by atoms with Crippen LogP contribution in [0.5, 0.6) is 11.5 Å². The highest BCUT2D eigenvalue weighted by Crippen LogP contribution is 2.37. The maximum Gasteiger partial charge on any atom is 0.264 e. The molecule has 6 nitrogen and oxygen atoms in total. The van der Waals surface area contributed by atoms with Crippen molar-refractivity contribution in [3.8, 4) is 11.5 Å². The molecule has 3 aromatic carbocycles. The number of unbranched alkanes of at least 4 members (excludes halogenated alkanes) is 1. The second-order valence-corrected chi connectivity index (χ2v) is 9.72. The van der Waals surface area contributed by atoms with Gasteiger partial charge in [0, 0.05) is 12.6 Å². The number of benzene rings is 3. The minimum atomic E-state index is -3.75.